The first-order valence-electron chi connectivity index (χ1n) is 5.07. The zero-order valence-electron chi connectivity index (χ0n) is 7.72. The second-order valence-corrected chi connectivity index (χ2v) is 4.49. The average Bonchev–Trinajstić information content (AvgIpc) is 2.78. The Hall–Kier alpha value is -1.06. The monoisotopic (exact) mass is 196 g/mol. The normalized spacial score (nSPS) is 48.9. The van der Waals surface area contributed by atoms with E-state index in [1.807, 2.05) is 0 Å². The Morgan fingerprint density at radius 3 is 3.00 bits per heavy atom. The van der Waals surface area contributed by atoms with Crippen molar-refractivity contribution in [2.75, 3.05) is 6.61 Å². The minimum atomic E-state index is -0.0818. The van der Waals surface area contributed by atoms with Crippen LogP contribution in [0.1, 0.15) is 12.8 Å². The van der Waals surface area contributed by atoms with Crippen molar-refractivity contribution in [3.63, 3.8) is 0 Å². The largest absolute Gasteiger partial charge is 0.465 e. The van der Waals surface area contributed by atoms with Crippen LogP contribution in [0.5, 0.6) is 0 Å². The van der Waals surface area contributed by atoms with E-state index < -0.39 is 0 Å². The van der Waals surface area contributed by atoms with Crippen molar-refractivity contribution >= 4 is 12.4 Å². The number of fused-ring (bicyclic) bond motifs is 5. The summed E-state index contributed by atoms with van der Waals surface area (Å²) in [7, 11) is 0. The number of rotatable bonds is 2. The lowest BCUT2D eigenvalue weighted by Crippen LogP contribution is -2.33. The van der Waals surface area contributed by atoms with E-state index in [2.05, 4.69) is 0 Å². The van der Waals surface area contributed by atoms with Gasteiger partial charge in [-0.25, -0.2) is 0 Å². The van der Waals surface area contributed by atoms with Gasteiger partial charge in [0.15, 0.2) is 0 Å². The summed E-state index contributed by atoms with van der Waals surface area (Å²) < 4.78 is 10.0. The van der Waals surface area contributed by atoms with Crippen molar-refractivity contribution in [1.29, 1.82) is 0 Å². The van der Waals surface area contributed by atoms with E-state index in [0.717, 1.165) is 12.8 Å². The number of ether oxygens (including phenoxy) is 2. The first-order chi connectivity index (χ1) is 6.81. The fourth-order valence-electron chi connectivity index (χ4n) is 3.50. The van der Waals surface area contributed by atoms with Gasteiger partial charge in [-0.05, 0) is 18.8 Å². The minimum absolute atomic E-state index is 0.0127. The molecule has 4 nitrogen and oxygen atoms in total. The van der Waals surface area contributed by atoms with Crippen molar-refractivity contribution < 1.29 is 19.1 Å². The number of carbonyl (C=O) groups is 2. The summed E-state index contributed by atoms with van der Waals surface area (Å²) >= 11 is 0. The number of cyclic esters (lactones) is 1. The molecule has 0 N–H and O–H groups in total. The molecule has 0 aromatic rings. The first kappa shape index (κ1) is 8.26. The van der Waals surface area contributed by atoms with Crippen LogP contribution in [0, 0.1) is 23.7 Å². The Balaban J connectivity index is 1.83. The van der Waals surface area contributed by atoms with Crippen LogP contribution in [0.3, 0.4) is 0 Å². The van der Waals surface area contributed by atoms with Crippen molar-refractivity contribution in [3.05, 3.63) is 0 Å². The maximum Gasteiger partial charge on any atom is 0.309 e. The molecule has 3 fully saturated rings. The number of esters is 1. The molecule has 1 heterocycles. The minimum Gasteiger partial charge on any atom is -0.465 e. The maximum atomic E-state index is 11.4. The van der Waals surface area contributed by atoms with Gasteiger partial charge in [-0.2, -0.15) is 0 Å². The molecule has 5 atom stereocenters. The van der Waals surface area contributed by atoms with Crippen molar-refractivity contribution in [2.45, 2.75) is 18.9 Å². The fraction of sp³-hybridized carbons (Fsp3) is 0.800. The van der Waals surface area contributed by atoms with Gasteiger partial charge in [0.25, 0.3) is 6.47 Å². The lowest BCUT2D eigenvalue weighted by atomic mass is 9.80. The van der Waals surface area contributed by atoms with Crippen molar-refractivity contribution in [3.8, 4) is 0 Å². The van der Waals surface area contributed by atoms with E-state index in [0.29, 0.717) is 24.9 Å². The molecule has 2 aliphatic carbocycles. The van der Waals surface area contributed by atoms with Gasteiger partial charge in [-0.1, -0.05) is 0 Å². The van der Waals surface area contributed by atoms with Gasteiger partial charge < -0.3 is 9.47 Å². The molecule has 0 amide bonds. The Labute approximate surface area is 81.6 Å². The highest BCUT2D eigenvalue weighted by molar-refractivity contribution is 5.76. The molecule has 5 unspecified atom stereocenters. The van der Waals surface area contributed by atoms with Crippen LogP contribution in [0.4, 0.5) is 0 Å². The van der Waals surface area contributed by atoms with E-state index >= 15 is 0 Å². The maximum absolute atomic E-state index is 11.4. The molecule has 2 saturated carbocycles. The SMILES string of the molecule is O=COC1CC2CC1C1C(=O)OCC21. The molecule has 1 saturated heterocycles. The second kappa shape index (κ2) is 2.72. The number of carbonyl (C=O) groups excluding carboxylic acids is 2. The summed E-state index contributed by atoms with van der Waals surface area (Å²) in [5.41, 5.74) is 0. The van der Waals surface area contributed by atoms with E-state index in [4.69, 9.17) is 9.47 Å². The predicted molar refractivity (Wildman–Crippen MR) is 45.1 cm³/mol. The van der Waals surface area contributed by atoms with Crippen LogP contribution >= 0.6 is 0 Å². The molecule has 2 bridgehead atoms. The molecular formula is C10H12O4. The van der Waals surface area contributed by atoms with Gasteiger partial charge in [0.2, 0.25) is 0 Å². The van der Waals surface area contributed by atoms with Gasteiger partial charge in [0.1, 0.15) is 6.10 Å². The Kier molecular flexibility index (Phi) is 1.60. The van der Waals surface area contributed by atoms with Gasteiger partial charge in [0, 0.05) is 11.8 Å². The van der Waals surface area contributed by atoms with Crippen LogP contribution in [0.25, 0.3) is 0 Å². The second-order valence-electron chi connectivity index (χ2n) is 4.49. The molecule has 3 aliphatic rings. The van der Waals surface area contributed by atoms with Crippen molar-refractivity contribution in [1.82, 2.24) is 0 Å². The molecule has 0 aromatic carbocycles. The first-order valence-corrected chi connectivity index (χ1v) is 5.07. The summed E-state index contributed by atoms with van der Waals surface area (Å²) in [5, 5.41) is 0. The average molecular weight is 196 g/mol. The van der Waals surface area contributed by atoms with Gasteiger partial charge in [-0.3, -0.25) is 9.59 Å². The molecule has 76 valence electrons. The third-order valence-electron chi connectivity index (χ3n) is 4.04. The third kappa shape index (κ3) is 0.885. The van der Waals surface area contributed by atoms with Gasteiger partial charge in [-0.15, -0.1) is 0 Å². The van der Waals surface area contributed by atoms with Gasteiger partial charge >= 0.3 is 5.97 Å². The lowest BCUT2D eigenvalue weighted by Gasteiger charge is -2.26. The van der Waals surface area contributed by atoms with Crippen molar-refractivity contribution in [2.24, 2.45) is 23.7 Å². The van der Waals surface area contributed by atoms with Crippen LogP contribution < -0.4 is 0 Å². The fourth-order valence-corrected chi connectivity index (χ4v) is 3.50. The summed E-state index contributed by atoms with van der Waals surface area (Å²) in [6.07, 6.45) is 1.91. The smallest absolute Gasteiger partial charge is 0.309 e. The Morgan fingerprint density at radius 2 is 2.21 bits per heavy atom. The quantitative estimate of drug-likeness (QED) is 0.472. The predicted octanol–water partition coefficient (Wildman–Crippen LogP) is 0.357. The Morgan fingerprint density at radius 1 is 1.36 bits per heavy atom. The van der Waals surface area contributed by atoms with E-state index in [-0.39, 0.29) is 23.9 Å². The van der Waals surface area contributed by atoms with Crippen LogP contribution in [-0.4, -0.2) is 25.2 Å². The highest BCUT2D eigenvalue weighted by Crippen LogP contribution is 2.55. The highest BCUT2D eigenvalue weighted by atomic mass is 16.5. The molecule has 0 spiro atoms. The molecule has 14 heavy (non-hydrogen) atoms. The number of hydrogen-bond acceptors (Lipinski definition) is 4. The standard InChI is InChI=1S/C10H12O4/c11-4-14-8-2-5-1-6(8)9-7(5)3-13-10(9)12/h4-9H,1-3H2. The number of hydrogen-bond donors (Lipinski definition) is 0. The summed E-state index contributed by atoms with van der Waals surface area (Å²) in [6, 6.07) is 0. The third-order valence-corrected chi connectivity index (χ3v) is 4.04. The summed E-state index contributed by atoms with van der Waals surface area (Å²) in [5.74, 6) is 1.09. The topological polar surface area (TPSA) is 52.6 Å². The molecule has 1 aliphatic heterocycles. The van der Waals surface area contributed by atoms with Crippen LogP contribution in [0.15, 0.2) is 0 Å². The highest BCUT2D eigenvalue weighted by Gasteiger charge is 2.59. The molecule has 3 rings (SSSR count). The van der Waals surface area contributed by atoms with Gasteiger partial charge in [0.05, 0.1) is 12.5 Å². The molecule has 0 aromatic heterocycles. The molecular weight excluding hydrogens is 184 g/mol. The van der Waals surface area contributed by atoms with E-state index in [9.17, 15) is 9.59 Å². The van der Waals surface area contributed by atoms with Crippen LogP contribution in [0.2, 0.25) is 0 Å². The zero-order chi connectivity index (χ0) is 9.71. The summed E-state index contributed by atoms with van der Waals surface area (Å²) in [6.45, 7) is 1.08. The zero-order valence-corrected chi connectivity index (χ0v) is 7.72. The van der Waals surface area contributed by atoms with Crippen LogP contribution in [-0.2, 0) is 19.1 Å². The van der Waals surface area contributed by atoms with E-state index in [1.54, 1.807) is 0 Å². The molecule has 4 heteroatoms. The molecule has 0 radical (unpaired) electrons. The lowest BCUT2D eigenvalue weighted by molar-refractivity contribution is -0.147. The summed E-state index contributed by atoms with van der Waals surface area (Å²) in [4.78, 5) is 21.7. The van der Waals surface area contributed by atoms with E-state index in [1.165, 1.54) is 0 Å². The Bertz CT molecular complexity index is 286.